The highest BCUT2D eigenvalue weighted by Crippen LogP contribution is 2.29. The molecule has 2 aromatic rings. The van der Waals surface area contributed by atoms with Crippen molar-refractivity contribution in [3.63, 3.8) is 0 Å². The molecular formula is C20H19FN2O3. The van der Waals surface area contributed by atoms with Crippen LogP contribution in [0.1, 0.15) is 24.1 Å². The van der Waals surface area contributed by atoms with Gasteiger partial charge in [0.2, 0.25) is 0 Å². The Morgan fingerprint density at radius 2 is 1.81 bits per heavy atom. The van der Waals surface area contributed by atoms with Crippen molar-refractivity contribution in [2.45, 2.75) is 19.4 Å². The Hall–Kier alpha value is -3.15. The van der Waals surface area contributed by atoms with E-state index in [1.807, 2.05) is 30.3 Å². The maximum absolute atomic E-state index is 14.2. The Balaban J connectivity index is 1.78. The number of urea groups is 1. The second kappa shape index (κ2) is 7.82. The third kappa shape index (κ3) is 3.91. The molecule has 2 amide bonds. The number of carbonyl (C=O) groups is 2. The fourth-order valence-electron chi connectivity index (χ4n) is 2.89. The predicted molar refractivity (Wildman–Crippen MR) is 94.6 cm³/mol. The van der Waals surface area contributed by atoms with Crippen molar-refractivity contribution in [3.8, 4) is 0 Å². The van der Waals surface area contributed by atoms with Crippen LogP contribution in [0.5, 0.6) is 0 Å². The smallest absolute Gasteiger partial charge is 0.338 e. The molecule has 0 unspecified atom stereocenters. The minimum absolute atomic E-state index is 0.192. The number of hydrogen-bond donors (Lipinski definition) is 2. The van der Waals surface area contributed by atoms with Gasteiger partial charge in [0.1, 0.15) is 5.82 Å². The summed E-state index contributed by atoms with van der Waals surface area (Å²) in [5.74, 6) is -1.08. The van der Waals surface area contributed by atoms with Gasteiger partial charge in [0.15, 0.2) is 0 Å². The fourth-order valence-corrected chi connectivity index (χ4v) is 2.89. The fraction of sp³-hybridized carbons (Fsp3) is 0.200. The van der Waals surface area contributed by atoms with Gasteiger partial charge in [0, 0.05) is 17.7 Å². The van der Waals surface area contributed by atoms with E-state index in [1.54, 1.807) is 19.1 Å². The zero-order chi connectivity index (χ0) is 18.5. The van der Waals surface area contributed by atoms with Crippen LogP contribution in [-0.2, 0) is 16.0 Å². The normalized spacial score (nSPS) is 16.7. The highest BCUT2D eigenvalue weighted by molar-refractivity contribution is 5.95. The molecule has 0 saturated heterocycles. The van der Waals surface area contributed by atoms with Crippen molar-refractivity contribution in [1.29, 1.82) is 0 Å². The van der Waals surface area contributed by atoms with Crippen molar-refractivity contribution >= 4 is 12.0 Å². The van der Waals surface area contributed by atoms with E-state index in [0.29, 0.717) is 12.1 Å². The molecule has 134 valence electrons. The number of esters is 1. The summed E-state index contributed by atoms with van der Waals surface area (Å²) in [7, 11) is 0. The highest BCUT2D eigenvalue weighted by atomic mass is 19.1. The highest BCUT2D eigenvalue weighted by Gasteiger charge is 2.33. The van der Waals surface area contributed by atoms with Gasteiger partial charge in [-0.15, -0.1) is 0 Å². The number of hydrogen-bond acceptors (Lipinski definition) is 3. The molecule has 0 aromatic heterocycles. The Kier molecular flexibility index (Phi) is 5.31. The number of benzene rings is 2. The van der Waals surface area contributed by atoms with E-state index in [4.69, 9.17) is 4.74 Å². The average molecular weight is 354 g/mol. The molecule has 1 aliphatic heterocycles. The predicted octanol–water partition coefficient (Wildman–Crippen LogP) is 3.24. The second-order valence-corrected chi connectivity index (χ2v) is 5.96. The molecule has 0 fully saturated rings. The Morgan fingerprint density at radius 3 is 2.54 bits per heavy atom. The largest absolute Gasteiger partial charge is 0.462 e. The summed E-state index contributed by atoms with van der Waals surface area (Å²) >= 11 is 0. The molecule has 26 heavy (non-hydrogen) atoms. The molecule has 0 radical (unpaired) electrons. The molecule has 1 atom stereocenters. The van der Waals surface area contributed by atoms with E-state index in [9.17, 15) is 14.0 Å². The van der Waals surface area contributed by atoms with E-state index in [0.717, 1.165) is 5.56 Å². The minimum Gasteiger partial charge on any atom is -0.462 e. The van der Waals surface area contributed by atoms with E-state index in [2.05, 4.69) is 10.6 Å². The molecule has 0 spiro atoms. The molecule has 2 N–H and O–H groups in total. The monoisotopic (exact) mass is 354 g/mol. The molecule has 0 saturated carbocycles. The zero-order valence-corrected chi connectivity index (χ0v) is 14.3. The molecule has 2 aromatic carbocycles. The van der Waals surface area contributed by atoms with E-state index in [1.165, 1.54) is 12.1 Å². The minimum atomic E-state index is -0.894. The van der Waals surface area contributed by atoms with Crippen LogP contribution in [0.3, 0.4) is 0 Å². The summed E-state index contributed by atoms with van der Waals surface area (Å²) < 4.78 is 19.6. The van der Waals surface area contributed by atoms with Crippen LogP contribution in [0.4, 0.5) is 9.18 Å². The first-order valence-electron chi connectivity index (χ1n) is 8.30. The Bertz CT molecular complexity index is 849. The van der Waals surface area contributed by atoms with Gasteiger partial charge in [0.25, 0.3) is 0 Å². The van der Waals surface area contributed by atoms with Crippen LogP contribution in [0.25, 0.3) is 0 Å². The number of carbonyl (C=O) groups excluding carboxylic acids is 2. The Morgan fingerprint density at radius 1 is 1.12 bits per heavy atom. The van der Waals surface area contributed by atoms with E-state index in [-0.39, 0.29) is 17.7 Å². The van der Waals surface area contributed by atoms with Gasteiger partial charge in [-0.1, -0.05) is 48.5 Å². The molecular weight excluding hydrogens is 335 g/mol. The second-order valence-electron chi connectivity index (χ2n) is 5.96. The zero-order valence-electron chi connectivity index (χ0n) is 14.3. The molecule has 6 heteroatoms. The van der Waals surface area contributed by atoms with Gasteiger partial charge in [0.05, 0.1) is 18.2 Å². The van der Waals surface area contributed by atoms with Crippen molar-refractivity contribution < 1.29 is 18.7 Å². The first kappa shape index (κ1) is 17.7. The van der Waals surface area contributed by atoms with Crippen molar-refractivity contribution in [3.05, 3.63) is 82.8 Å². The number of allylic oxidation sites excluding steroid dienone is 1. The van der Waals surface area contributed by atoms with Crippen molar-refractivity contribution in [1.82, 2.24) is 10.6 Å². The summed E-state index contributed by atoms with van der Waals surface area (Å²) in [4.78, 5) is 24.4. The first-order valence-corrected chi connectivity index (χ1v) is 8.30. The van der Waals surface area contributed by atoms with E-state index >= 15 is 0 Å². The van der Waals surface area contributed by atoms with Crippen LogP contribution < -0.4 is 10.6 Å². The molecule has 3 rings (SSSR count). The van der Waals surface area contributed by atoms with Crippen LogP contribution in [-0.4, -0.2) is 18.6 Å². The maximum Gasteiger partial charge on any atom is 0.338 e. The van der Waals surface area contributed by atoms with Gasteiger partial charge in [-0.3, -0.25) is 0 Å². The number of nitrogens with one attached hydrogen (secondary N) is 2. The van der Waals surface area contributed by atoms with Crippen molar-refractivity contribution in [2.24, 2.45) is 0 Å². The van der Waals surface area contributed by atoms with Crippen molar-refractivity contribution in [2.75, 3.05) is 6.61 Å². The lowest BCUT2D eigenvalue weighted by molar-refractivity contribution is -0.139. The molecule has 0 aliphatic carbocycles. The molecule has 1 heterocycles. The standard InChI is InChI=1S/C20H19FN2O3/c1-13-17(19(24)26-12-11-14-7-3-2-4-8-14)18(23-20(25)22-13)15-9-5-6-10-16(15)21/h2-10,18H,11-12H2,1H3,(H2,22,23,25)/t18-/m0/s1. The van der Waals surface area contributed by atoms with Gasteiger partial charge in [-0.25, -0.2) is 14.0 Å². The van der Waals surface area contributed by atoms with Gasteiger partial charge in [-0.05, 0) is 18.6 Å². The summed E-state index contributed by atoms with van der Waals surface area (Å²) in [6.07, 6.45) is 0.572. The third-order valence-electron chi connectivity index (χ3n) is 4.17. The lowest BCUT2D eigenvalue weighted by Gasteiger charge is -2.28. The van der Waals surface area contributed by atoms with Crippen LogP contribution in [0, 0.1) is 5.82 Å². The summed E-state index contributed by atoms with van der Waals surface area (Å²) in [5.41, 5.74) is 1.82. The van der Waals surface area contributed by atoms with Crippen LogP contribution in [0.15, 0.2) is 65.9 Å². The number of rotatable bonds is 5. The first-order chi connectivity index (χ1) is 12.6. The lowest BCUT2D eigenvalue weighted by Crippen LogP contribution is -2.45. The Labute approximate surface area is 150 Å². The average Bonchev–Trinajstić information content (AvgIpc) is 2.62. The quantitative estimate of drug-likeness (QED) is 0.810. The van der Waals surface area contributed by atoms with Crippen LogP contribution >= 0.6 is 0 Å². The SMILES string of the molecule is CC1=C(C(=O)OCCc2ccccc2)[C@H](c2ccccc2F)NC(=O)N1. The molecule has 0 bridgehead atoms. The topological polar surface area (TPSA) is 67.4 Å². The summed E-state index contributed by atoms with van der Waals surface area (Å²) in [5, 5.41) is 5.14. The maximum atomic E-state index is 14.2. The van der Waals surface area contributed by atoms with Gasteiger partial charge in [-0.2, -0.15) is 0 Å². The van der Waals surface area contributed by atoms with Gasteiger partial charge < -0.3 is 15.4 Å². The lowest BCUT2D eigenvalue weighted by atomic mass is 9.95. The summed E-state index contributed by atoms with van der Waals surface area (Å²) in [6, 6.07) is 14.3. The number of amides is 2. The molecule has 5 nitrogen and oxygen atoms in total. The number of ether oxygens (including phenoxy) is 1. The number of halogens is 1. The molecule has 1 aliphatic rings. The van der Waals surface area contributed by atoms with E-state index < -0.39 is 23.9 Å². The van der Waals surface area contributed by atoms with Crippen LogP contribution in [0.2, 0.25) is 0 Å². The third-order valence-corrected chi connectivity index (χ3v) is 4.17. The van der Waals surface area contributed by atoms with Gasteiger partial charge >= 0.3 is 12.0 Å². The summed E-state index contributed by atoms with van der Waals surface area (Å²) in [6.45, 7) is 1.79.